The van der Waals surface area contributed by atoms with Crippen molar-refractivity contribution < 1.29 is 9.90 Å². The van der Waals surface area contributed by atoms with Gasteiger partial charge in [0, 0.05) is 0 Å². The van der Waals surface area contributed by atoms with Gasteiger partial charge in [0.25, 0.3) is 0 Å². The number of aliphatic hydroxyl groups is 1. The molecule has 0 saturated carbocycles. The fraction of sp³-hybridized carbons (Fsp3) is 0.176. The molecule has 1 heterocycles. The lowest BCUT2D eigenvalue weighted by molar-refractivity contribution is -0.123. The maximum absolute atomic E-state index is 11.9. The first-order valence-corrected chi connectivity index (χ1v) is 7.16. The first-order chi connectivity index (χ1) is 10.7. The van der Waals surface area contributed by atoms with E-state index in [-0.39, 0.29) is 12.3 Å². The van der Waals surface area contributed by atoms with Gasteiger partial charge < -0.3 is 15.4 Å². The molecule has 5 nitrogen and oxygen atoms in total. The summed E-state index contributed by atoms with van der Waals surface area (Å²) in [4.78, 5) is 19.4. The Hall–Kier alpha value is -2.66. The van der Waals surface area contributed by atoms with Crippen molar-refractivity contribution in [2.45, 2.75) is 19.1 Å². The third-order valence-corrected chi connectivity index (χ3v) is 3.45. The molecule has 22 heavy (non-hydrogen) atoms. The fourth-order valence-electron chi connectivity index (χ4n) is 2.31. The second-order valence-electron chi connectivity index (χ2n) is 5.11. The molecule has 1 unspecified atom stereocenters. The molecule has 0 radical (unpaired) electrons. The number of hydrogen-bond donors (Lipinski definition) is 3. The number of fused-ring (bicyclic) bond motifs is 1. The number of aromatic amines is 1. The van der Waals surface area contributed by atoms with Crippen molar-refractivity contribution in [3.05, 3.63) is 66.0 Å². The lowest BCUT2D eigenvalue weighted by Crippen LogP contribution is -2.25. The van der Waals surface area contributed by atoms with Crippen molar-refractivity contribution in [3.63, 3.8) is 0 Å². The zero-order valence-corrected chi connectivity index (χ0v) is 12.0. The van der Waals surface area contributed by atoms with Gasteiger partial charge in [-0.25, -0.2) is 4.98 Å². The number of nitrogens with zero attached hydrogens (tertiary/aromatic N) is 1. The minimum absolute atomic E-state index is 0.0320. The van der Waals surface area contributed by atoms with E-state index in [0.29, 0.717) is 12.4 Å². The third-order valence-electron chi connectivity index (χ3n) is 3.45. The van der Waals surface area contributed by atoms with Crippen molar-refractivity contribution in [3.8, 4) is 0 Å². The van der Waals surface area contributed by atoms with Crippen molar-refractivity contribution in [1.29, 1.82) is 0 Å². The van der Waals surface area contributed by atoms with Crippen molar-refractivity contribution in [1.82, 2.24) is 15.3 Å². The molecule has 3 rings (SSSR count). The van der Waals surface area contributed by atoms with Crippen LogP contribution in [0.15, 0.2) is 54.6 Å². The van der Waals surface area contributed by atoms with Gasteiger partial charge in [-0.05, 0) is 17.7 Å². The van der Waals surface area contributed by atoms with Crippen LogP contribution in [0.2, 0.25) is 0 Å². The van der Waals surface area contributed by atoms with E-state index in [9.17, 15) is 9.90 Å². The monoisotopic (exact) mass is 295 g/mol. The summed E-state index contributed by atoms with van der Waals surface area (Å²) in [6.07, 6.45) is -0.763. The van der Waals surface area contributed by atoms with E-state index in [0.717, 1.165) is 16.6 Å². The highest BCUT2D eigenvalue weighted by molar-refractivity contribution is 5.77. The molecule has 3 aromatic rings. The topological polar surface area (TPSA) is 78.0 Å². The highest BCUT2D eigenvalue weighted by atomic mass is 16.3. The van der Waals surface area contributed by atoms with E-state index in [1.54, 1.807) is 12.1 Å². The summed E-state index contributed by atoms with van der Waals surface area (Å²) in [6, 6.07) is 16.9. The maximum Gasteiger partial charge on any atom is 0.223 e. The maximum atomic E-state index is 11.9. The van der Waals surface area contributed by atoms with Crippen LogP contribution in [0, 0.1) is 0 Å². The average molecular weight is 295 g/mol. The quantitative estimate of drug-likeness (QED) is 0.676. The van der Waals surface area contributed by atoms with E-state index in [1.807, 2.05) is 42.5 Å². The fourth-order valence-corrected chi connectivity index (χ4v) is 2.31. The van der Waals surface area contributed by atoms with Crippen LogP contribution in [-0.2, 0) is 11.3 Å². The summed E-state index contributed by atoms with van der Waals surface area (Å²) in [5.41, 5.74) is 2.55. The molecular formula is C17H17N3O2. The Morgan fingerprint density at radius 2 is 1.86 bits per heavy atom. The molecule has 0 fully saturated rings. The summed E-state index contributed by atoms with van der Waals surface area (Å²) in [5.74, 6) is 0.487. The van der Waals surface area contributed by atoms with E-state index in [4.69, 9.17) is 0 Å². The standard InChI is InChI=1S/C17H17N3O2/c21-15(12-6-2-1-3-7-12)10-17(22)18-11-16-19-13-8-4-5-9-14(13)20-16/h1-9,15,21H,10-11H2,(H,18,22)(H,19,20). The molecule has 1 aromatic heterocycles. The summed E-state index contributed by atoms with van der Waals surface area (Å²) >= 11 is 0. The van der Waals surface area contributed by atoms with Gasteiger partial charge in [0.15, 0.2) is 0 Å². The molecule has 0 bridgehead atoms. The number of hydrogen-bond acceptors (Lipinski definition) is 3. The van der Waals surface area contributed by atoms with Crippen LogP contribution in [0.1, 0.15) is 23.9 Å². The molecule has 112 valence electrons. The number of carbonyl (C=O) groups is 1. The van der Waals surface area contributed by atoms with Crippen LogP contribution in [0.25, 0.3) is 11.0 Å². The van der Waals surface area contributed by atoms with Crippen LogP contribution in [0.5, 0.6) is 0 Å². The van der Waals surface area contributed by atoms with Gasteiger partial charge in [0.2, 0.25) is 5.91 Å². The van der Waals surface area contributed by atoms with Crippen molar-refractivity contribution in [2.75, 3.05) is 0 Å². The molecule has 1 amide bonds. The van der Waals surface area contributed by atoms with E-state index in [2.05, 4.69) is 15.3 Å². The van der Waals surface area contributed by atoms with Crippen LogP contribution in [-0.4, -0.2) is 21.0 Å². The number of amides is 1. The van der Waals surface area contributed by atoms with Gasteiger partial charge in [-0.2, -0.15) is 0 Å². The largest absolute Gasteiger partial charge is 0.388 e. The molecular weight excluding hydrogens is 278 g/mol. The molecule has 2 aromatic carbocycles. The smallest absolute Gasteiger partial charge is 0.223 e. The molecule has 0 spiro atoms. The molecule has 5 heteroatoms. The summed E-state index contributed by atoms with van der Waals surface area (Å²) < 4.78 is 0. The lowest BCUT2D eigenvalue weighted by atomic mass is 10.1. The van der Waals surface area contributed by atoms with Crippen molar-refractivity contribution in [2.24, 2.45) is 0 Å². The molecule has 0 saturated heterocycles. The number of aliphatic hydroxyl groups excluding tert-OH is 1. The Bertz CT molecular complexity index is 735. The predicted molar refractivity (Wildman–Crippen MR) is 84.0 cm³/mol. The number of imidazole rings is 1. The minimum atomic E-state index is -0.795. The Kier molecular flexibility index (Phi) is 4.16. The number of H-pyrrole nitrogens is 1. The predicted octanol–water partition coefficient (Wildman–Crippen LogP) is 2.30. The van der Waals surface area contributed by atoms with Gasteiger partial charge in [0.05, 0.1) is 30.1 Å². The van der Waals surface area contributed by atoms with E-state index >= 15 is 0 Å². The van der Waals surface area contributed by atoms with Crippen molar-refractivity contribution >= 4 is 16.9 Å². The van der Waals surface area contributed by atoms with Gasteiger partial charge >= 0.3 is 0 Å². The summed E-state index contributed by atoms with van der Waals surface area (Å²) in [6.45, 7) is 0.315. The molecule has 1 atom stereocenters. The number of nitrogens with one attached hydrogen (secondary N) is 2. The third kappa shape index (κ3) is 3.32. The average Bonchev–Trinajstić information content (AvgIpc) is 2.96. The zero-order valence-electron chi connectivity index (χ0n) is 12.0. The highest BCUT2D eigenvalue weighted by Crippen LogP contribution is 2.15. The van der Waals surface area contributed by atoms with Crippen LogP contribution >= 0.6 is 0 Å². The molecule has 0 aliphatic rings. The van der Waals surface area contributed by atoms with E-state index in [1.165, 1.54) is 0 Å². The SMILES string of the molecule is O=C(CC(O)c1ccccc1)NCc1nc2ccccc2[nH]1. The minimum Gasteiger partial charge on any atom is -0.388 e. The number of aromatic nitrogens is 2. The number of carbonyl (C=O) groups excluding carboxylic acids is 1. The van der Waals surface area contributed by atoms with Gasteiger partial charge in [-0.15, -0.1) is 0 Å². The lowest BCUT2D eigenvalue weighted by Gasteiger charge is -2.10. The second kappa shape index (κ2) is 6.41. The zero-order chi connectivity index (χ0) is 15.4. The first-order valence-electron chi connectivity index (χ1n) is 7.16. The Morgan fingerprint density at radius 3 is 2.64 bits per heavy atom. The highest BCUT2D eigenvalue weighted by Gasteiger charge is 2.13. The normalized spacial score (nSPS) is 12.2. The molecule has 0 aliphatic carbocycles. The number of para-hydroxylation sites is 2. The van der Waals surface area contributed by atoms with Gasteiger partial charge in [0.1, 0.15) is 5.82 Å². The summed E-state index contributed by atoms with van der Waals surface area (Å²) in [5, 5.41) is 12.8. The summed E-state index contributed by atoms with van der Waals surface area (Å²) in [7, 11) is 0. The second-order valence-corrected chi connectivity index (χ2v) is 5.11. The van der Waals surface area contributed by atoms with E-state index < -0.39 is 6.10 Å². The first kappa shape index (κ1) is 14.3. The molecule has 0 aliphatic heterocycles. The Labute approximate surface area is 128 Å². The Morgan fingerprint density at radius 1 is 1.14 bits per heavy atom. The van der Waals surface area contributed by atoms with Crippen LogP contribution in [0.3, 0.4) is 0 Å². The van der Waals surface area contributed by atoms with Gasteiger partial charge in [-0.3, -0.25) is 4.79 Å². The number of benzene rings is 2. The van der Waals surface area contributed by atoms with Crippen LogP contribution < -0.4 is 5.32 Å². The van der Waals surface area contributed by atoms with Gasteiger partial charge in [-0.1, -0.05) is 42.5 Å². The Balaban J connectivity index is 1.56. The number of rotatable bonds is 5. The molecule has 3 N–H and O–H groups in total. The van der Waals surface area contributed by atoms with Crippen LogP contribution in [0.4, 0.5) is 0 Å².